The van der Waals surface area contributed by atoms with E-state index < -0.39 is 0 Å². The van der Waals surface area contributed by atoms with Crippen LogP contribution in [0, 0.1) is 12.7 Å². The summed E-state index contributed by atoms with van der Waals surface area (Å²) >= 11 is 0. The maximum absolute atomic E-state index is 13.1. The van der Waals surface area contributed by atoms with E-state index in [9.17, 15) is 4.39 Å². The van der Waals surface area contributed by atoms with Crippen molar-refractivity contribution in [2.24, 2.45) is 0 Å². The maximum atomic E-state index is 13.1. The van der Waals surface area contributed by atoms with Gasteiger partial charge in [0.2, 0.25) is 0 Å². The van der Waals surface area contributed by atoms with Gasteiger partial charge in [0.25, 0.3) is 0 Å². The minimum absolute atomic E-state index is 0.265. The Bertz CT molecular complexity index is 495. The van der Waals surface area contributed by atoms with E-state index >= 15 is 0 Å². The molecule has 1 aromatic heterocycles. The second-order valence-electron chi connectivity index (χ2n) is 3.42. The fraction of sp³-hybridized carbons (Fsp3) is 0.0833. The maximum Gasteiger partial charge on any atom is 0.123 e. The highest BCUT2D eigenvalue weighted by molar-refractivity contribution is 5.77. The number of hydrogen-bond donors (Lipinski definition) is 1. The lowest BCUT2D eigenvalue weighted by molar-refractivity contribution is 0.628. The van der Waals surface area contributed by atoms with Gasteiger partial charge in [-0.05, 0) is 36.2 Å². The Balaban J connectivity index is 2.64. The van der Waals surface area contributed by atoms with Gasteiger partial charge in [-0.15, -0.1) is 0 Å². The highest BCUT2D eigenvalue weighted by Crippen LogP contribution is 2.27. The molecule has 2 rings (SSSR count). The quantitative estimate of drug-likeness (QED) is 0.772. The van der Waals surface area contributed by atoms with E-state index in [0.29, 0.717) is 5.69 Å². The summed E-state index contributed by atoms with van der Waals surface area (Å²) in [5, 5.41) is 0. The normalized spacial score (nSPS) is 10.3. The SMILES string of the molecule is Cc1ccc(F)cc1-c1cnccc1N. The molecule has 1 heterocycles. The molecular formula is C12H11FN2. The van der Waals surface area contributed by atoms with E-state index in [4.69, 9.17) is 5.73 Å². The average Bonchev–Trinajstić information content (AvgIpc) is 2.23. The first-order valence-electron chi connectivity index (χ1n) is 4.64. The van der Waals surface area contributed by atoms with Crippen LogP contribution in [-0.2, 0) is 0 Å². The van der Waals surface area contributed by atoms with Crippen LogP contribution >= 0.6 is 0 Å². The summed E-state index contributed by atoms with van der Waals surface area (Å²) < 4.78 is 13.1. The standard InChI is InChI=1S/C12H11FN2/c1-8-2-3-9(13)6-10(8)11-7-15-5-4-12(11)14/h2-7H,1H3,(H2,14,15). The van der Waals surface area contributed by atoms with Crippen LogP contribution in [0.2, 0.25) is 0 Å². The van der Waals surface area contributed by atoms with Gasteiger partial charge in [-0.3, -0.25) is 4.98 Å². The Morgan fingerprint density at radius 2 is 2.00 bits per heavy atom. The Morgan fingerprint density at radius 1 is 1.20 bits per heavy atom. The van der Waals surface area contributed by atoms with Gasteiger partial charge in [0.1, 0.15) is 5.82 Å². The largest absolute Gasteiger partial charge is 0.398 e. The zero-order valence-corrected chi connectivity index (χ0v) is 8.37. The minimum atomic E-state index is -0.265. The number of aryl methyl sites for hydroxylation is 1. The third-order valence-electron chi connectivity index (χ3n) is 2.34. The van der Waals surface area contributed by atoms with Gasteiger partial charge in [0.15, 0.2) is 0 Å². The molecule has 1 aromatic carbocycles. The summed E-state index contributed by atoms with van der Waals surface area (Å²) in [5.74, 6) is -0.265. The molecule has 0 aliphatic heterocycles. The molecule has 0 saturated heterocycles. The number of nitrogens with two attached hydrogens (primary N) is 1. The number of pyridine rings is 1. The van der Waals surface area contributed by atoms with Crippen molar-refractivity contribution in [3.8, 4) is 11.1 Å². The highest BCUT2D eigenvalue weighted by Gasteiger charge is 2.06. The summed E-state index contributed by atoms with van der Waals surface area (Å²) in [4.78, 5) is 3.99. The van der Waals surface area contributed by atoms with E-state index in [1.54, 1.807) is 24.5 Å². The third-order valence-corrected chi connectivity index (χ3v) is 2.34. The molecule has 0 atom stereocenters. The molecule has 0 unspecified atom stereocenters. The van der Waals surface area contributed by atoms with E-state index in [-0.39, 0.29) is 5.82 Å². The zero-order chi connectivity index (χ0) is 10.8. The third kappa shape index (κ3) is 1.81. The predicted octanol–water partition coefficient (Wildman–Crippen LogP) is 2.78. The van der Waals surface area contributed by atoms with Crippen molar-refractivity contribution in [1.29, 1.82) is 0 Å². The molecular weight excluding hydrogens is 191 g/mol. The van der Waals surface area contributed by atoms with Gasteiger partial charge in [-0.1, -0.05) is 6.07 Å². The lowest BCUT2D eigenvalue weighted by Gasteiger charge is -2.08. The van der Waals surface area contributed by atoms with Crippen LogP contribution in [-0.4, -0.2) is 4.98 Å². The lowest BCUT2D eigenvalue weighted by Crippen LogP contribution is -1.93. The Hall–Kier alpha value is -1.90. The lowest BCUT2D eigenvalue weighted by atomic mass is 10.0. The first kappa shape index (κ1) is 9.65. The molecule has 15 heavy (non-hydrogen) atoms. The number of anilines is 1. The second-order valence-corrected chi connectivity index (χ2v) is 3.42. The van der Waals surface area contributed by atoms with Crippen molar-refractivity contribution in [3.05, 3.63) is 48.0 Å². The van der Waals surface area contributed by atoms with Crippen LogP contribution in [0.1, 0.15) is 5.56 Å². The van der Waals surface area contributed by atoms with Crippen molar-refractivity contribution in [1.82, 2.24) is 4.98 Å². The number of aromatic nitrogens is 1. The average molecular weight is 202 g/mol. The van der Waals surface area contributed by atoms with E-state index in [1.165, 1.54) is 12.1 Å². The van der Waals surface area contributed by atoms with Gasteiger partial charge in [0, 0.05) is 23.6 Å². The van der Waals surface area contributed by atoms with Crippen LogP contribution in [0.4, 0.5) is 10.1 Å². The summed E-state index contributed by atoms with van der Waals surface area (Å²) in [6.45, 7) is 1.92. The Labute approximate surface area is 87.6 Å². The van der Waals surface area contributed by atoms with Crippen LogP contribution in [0.15, 0.2) is 36.7 Å². The number of hydrogen-bond acceptors (Lipinski definition) is 2. The van der Waals surface area contributed by atoms with Crippen LogP contribution in [0.3, 0.4) is 0 Å². The van der Waals surface area contributed by atoms with Gasteiger partial charge in [-0.25, -0.2) is 4.39 Å². The molecule has 76 valence electrons. The van der Waals surface area contributed by atoms with E-state index in [1.807, 2.05) is 6.92 Å². The van der Waals surface area contributed by atoms with Crippen molar-refractivity contribution in [2.75, 3.05) is 5.73 Å². The number of nitrogens with zero attached hydrogens (tertiary/aromatic N) is 1. The second kappa shape index (κ2) is 3.69. The first-order valence-corrected chi connectivity index (χ1v) is 4.64. The van der Waals surface area contributed by atoms with Crippen LogP contribution in [0.5, 0.6) is 0 Å². The summed E-state index contributed by atoms with van der Waals surface area (Å²) in [6.07, 6.45) is 3.27. The molecule has 0 saturated carbocycles. The topological polar surface area (TPSA) is 38.9 Å². The monoisotopic (exact) mass is 202 g/mol. The number of benzene rings is 1. The van der Waals surface area contributed by atoms with Crippen molar-refractivity contribution < 1.29 is 4.39 Å². The fourth-order valence-corrected chi connectivity index (χ4v) is 1.51. The van der Waals surface area contributed by atoms with Gasteiger partial charge < -0.3 is 5.73 Å². The zero-order valence-electron chi connectivity index (χ0n) is 8.37. The molecule has 0 radical (unpaired) electrons. The fourth-order valence-electron chi connectivity index (χ4n) is 1.51. The molecule has 0 amide bonds. The highest BCUT2D eigenvalue weighted by atomic mass is 19.1. The molecule has 0 bridgehead atoms. The molecule has 0 aliphatic carbocycles. The molecule has 2 nitrogen and oxygen atoms in total. The summed E-state index contributed by atoms with van der Waals surface area (Å²) in [5.41, 5.74) is 8.97. The van der Waals surface area contributed by atoms with Crippen molar-refractivity contribution >= 4 is 5.69 Å². The molecule has 0 aliphatic rings. The molecule has 2 N–H and O–H groups in total. The molecule has 2 aromatic rings. The number of nitrogen functional groups attached to an aromatic ring is 1. The van der Waals surface area contributed by atoms with Crippen LogP contribution in [0.25, 0.3) is 11.1 Å². The van der Waals surface area contributed by atoms with Gasteiger partial charge in [-0.2, -0.15) is 0 Å². The first-order chi connectivity index (χ1) is 7.18. The number of rotatable bonds is 1. The number of halogens is 1. The molecule has 3 heteroatoms. The van der Waals surface area contributed by atoms with Gasteiger partial charge >= 0.3 is 0 Å². The summed E-state index contributed by atoms with van der Waals surface area (Å²) in [7, 11) is 0. The molecule has 0 spiro atoms. The van der Waals surface area contributed by atoms with Crippen molar-refractivity contribution in [2.45, 2.75) is 6.92 Å². The van der Waals surface area contributed by atoms with Crippen molar-refractivity contribution in [3.63, 3.8) is 0 Å². The smallest absolute Gasteiger partial charge is 0.123 e. The van der Waals surface area contributed by atoms with E-state index in [2.05, 4.69) is 4.98 Å². The predicted molar refractivity (Wildman–Crippen MR) is 58.8 cm³/mol. The summed E-state index contributed by atoms with van der Waals surface area (Å²) in [6, 6.07) is 6.35. The van der Waals surface area contributed by atoms with Gasteiger partial charge in [0.05, 0.1) is 0 Å². The van der Waals surface area contributed by atoms with E-state index in [0.717, 1.165) is 16.7 Å². The minimum Gasteiger partial charge on any atom is -0.398 e. The Kier molecular flexibility index (Phi) is 2.37. The van der Waals surface area contributed by atoms with Crippen LogP contribution < -0.4 is 5.73 Å². The molecule has 0 fully saturated rings. The Morgan fingerprint density at radius 3 is 2.73 bits per heavy atom.